The molecule has 0 nitrogen and oxygen atoms in total. The van der Waals surface area contributed by atoms with Gasteiger partial charge in [-0.05, 0) is 0 Å². The van der Waals surface area contributed by atoms with Gasteiger partial charge in [0, 0.05) is 38.1 Å². The molecule has 0 amide bonds. The normalized spacial score (nSPS) is 41.1. The summed E-state index contributed by atoms with van der Waals surface area (Å²) in [7, 11) is 0. The van der Waals surface area contributed by atoms with Crippen molar-refractivity contribution < 1.29 is 126 Å². The Bertz CT molecular complexity index is 792. The Morgan fingerprint density at radius 3 is 0.788 bits per heavy atom. The standard InChI is InChI=1S/C11F20.Cu.Pt/c12-1-2(13,6(19,20)10(27,28)9(25,26)4(1,15)16)5(17,18)8(23,24)7(21,22)3(1,14)11(29,30)31;;. The van der Waals surface area contributed by atoms with Gasteiger partial charge in [-0.3, -0.25) is 0 Å². The maximum Gasteiger partial charge on any atom is 0.432 e. The Morgan fingerprint density at radius 2 is 0.545 bits per heavy atom. The summed E-state index contributed by atoms with van der Waals surface area (Å²) in [4.78, 5) is 0. The van der Waals surface area contributed by atoms with E-state index in [-0.39, 0.29) is 38.1 Å². The molecular weight excluding hydrogens is 771 g/mol. The van der Waals surface area contributed by atoms with E-state index < -0.39 is 64.6 Å². The average Bonchev–Trinajstić information content (AvgIpc) is 2.54. The van der Waals surface area contributed by atoms with Crippen molar-refractivity contribution in [2.45, 2.75) is 64.6 Å². The number of fused-ring (bicyclic) bond motifs is 1. The van der Waals surface area contributed by atoms with Crippen molar-refractivity contribution >= 4 is 0 Å². The van der Waals surface area contributed by atoms with Crippen LogP contribution in [0.4, 0.5) is 87.8 Å². The first-order valence-electron chi connectivity index (χ1n) is 6.78. The van der Waals surface area contributed by atoms with Gasteiger partial charge in [0.1, 0.15) is 0 Å². The van der Waals surface area contributed by atoms with E-state index in [2.05, 4.69) is 0 Å². The molecular formula is C11CuF20Pt. The Labute approximate surface area is 191 Å². The van der Waals surface area contributed by atoms with E-state index in [9.17, 15) is 87.8 Å². The maximum atomic E-state index is 14.6. The molecule has 3 atom stereocenters. The van der Waals surface area contributed by atoms with Gasteiger partial charge in [-0.1, -0.05) is 0 Å². The Kier molecular flexibility index (Phi) is 6.93. The van der Waals surface area contributed by atoms with Gasteiger partial charge in [0.05, 0.1) is 0 Å². The Morgan fingerprint density at radius 1 is 0.333 bits per heavy atom. The van der Waals surface area contributed by atoms with Crippen LogP contribution < -0.4 is 0 Å². The topological polar surface area (TPSA) is 0 Å². The van der Waals surface area contributed by atoms with Crippen LogP contribution in [-0.2, 0) is 38.1 Å². The minimum absolute atomic E-state index is 0. The first kappa shape index (κ1) is 32.8. The quantitative estimate of drug-likeness (QED) is 0.205. The van der Waals surface area contributed by atoms with Crippen LogP contribution in [0, 0.1) is 0 Å². The van der Waals surface area contributed by atoms with E-state index in [0.29, 0.717) is 0 Å². The van der Waals surface area contributed by atoms with Crippen LogP contribution in [0.2, 0.25) is 0 Å². The van der Waals surface area contributed by atoms with Crippen molar-refractivity contribution in [1.29, 1.82) is 0 Å². The van der Waals surface area contributed by atoms with E-state index in [4.69, 9.17) is 0 Å². The summed E-state index contributed by atoms with van der Waals surface area (Å²) in [6, 6.07) is 0. The van der Waals surface area contributed by atoms with Gasteiger partial charge in [0.25, 0.3) is 11.3 Å². The van der Waals surface area contributed by atoms with Crippen LogP contribution in [-0.4, -0.2) is 64.6 Å². The maximum absolute atomic E-state index is 14.6. The molecule has 3 unspecified atom stereocenters. The van der Waals surface area contributed by atoms with E-state index in [1.807, 2.05) is 0 Å². The summed E-state index contributed by atoms with van der Waals surface area (Å²) in [6.07, 6.45) is -8.58. The van der Waals surface area contributed by atoms with Crippen molar-refractivity contribution in [2.75, 3.05) is 0 Å². The molecule has 0 aromatic rings. The third kappa shape index (κ3) is 2.43. The van der Waals surface area contributed by atoms with Crippen molar-refractivity contribution in [1.82, 2.24) is 0 Å². The van der Waals surface area contributed by atoms with Gasteiger partial charge in [0.2, 0.25) is 0 Å². The number of alkyl halides is 20. The van der Waals surface area contributed by atoms with Crippen LogP contribution in [0.3, 0.4) is 0 Å². The second-order valence-corrected chi connectivity index (χ2v) is 6.49. The smallest absolute Gasteiger partial charge is 0.228 e. The van der Waals surface area contributed by atoms with Gasteiger partial charge in [-0.25, -0.2) is 13.2 Å². The Hall–Kier alpha value is -0.192. The molecule has 0 aromatic carbocycles. The number of halogens is 20. The summed E-state index contributed by atoms with van der Waals surface area (Å²) in [5.41, 5.74) is -27.2. The monoisotopic (exact) mass is 770 g/mol. The van der Waals surface area contributed by atoms with Crippen LogP contribution in [0.1, 0.15) is 0 Å². The number of hydrogen-bond donors (Lipinski definition) is 0. The molecule has 0 spiro atoms. The van der Waals surface area contributed by atoms with Crippen LogP contribution in [0.5, 0.6) is 0 Å². The molecule has 205 valence electrons. The molecule has 2 aliphatic carbocycles. The van der Waals surface area contributed by atoms with Crippen molar-refractivity contribution in [2.24, 2.45) is 0 Å². The average molecular weight is 771 g/mol. The summed E-state index contributed by atoms with van der Waals surface area (Å²) in [6.45, 7) is 0. The molecule has 0 heterocycles. The summed E-state index contributed by atoms with van der Waals surface area (Å²) < 4.78 is 270. The molecule has 22 heteroatoms. The van der Waals surface area contributed by atoms with E-state index in [1.165, 1.54) is 0 Å². The molecule has 1 radical (unpaired) electrons. The first-order chi connectivity index (χ1) is 13.0. The zero-order chi connectivity index (χ0) is 25.5. The third-order valence-electron chi connectivity index (χ3n) is 5.04. The van der Waals surface area contributed by atoms with E-state index >= 15 is 0 Å². The minimum atomic E-state index is -9.16. The fourth-order valence-electron chi connectivity index (χ4n) is 3.35. The van der Waals surface area contributed by atoms with Crippen LogP contribution in [0.15, 0.2) is 0 Å². The molecule has 0 bridgehead atoms. The molecule has 2 rings (SSSR count). The third-order valence-corrected chi connectivity index (χ3v) is 5.04. The summed E-state index contributed by atoms with van der Waals surface area (Å²) in [5.74, 6) is -60.7. The first-order valence-corrected chi connectivity index (χ1v) is 6.78. The molecule has 0 N–H and O–H groups in total. The van der Waals surface area contributed by atoms with Crippen LogP contribution >= 0.6 is 0 Å². The van der Waals surface area contributed by atoms with Crippen molar-refractivity contribution in [3.8, 4) is 0 Å². The molecule has 2 fully saturated rings. The molecule has 0 aromatic heterocycles. The Balaban J connectivity index is 0.00000512. The second-order valence-electron chi connectivity index (χ2n) is 6.49. The number of rotatable bonds is 0. The van der Waals surface area contributed by atoms with Gasteiger partial charge < -0.3 is 0 Å². The van der Waals surface area contributed by atoms with Gasteiger partial charge in [-0.15, -0.1) is 0 Å². The SMILES string of the molecule is FC(F)(F)C1(F)C(F)(F)C(F)(F)C(F)(F)C2(F)C(F)(F)C(F)(F)C(F)(F)C(F)(F)C12F.[Cu].[Pt]. The van der Waals surface area contributed by atoms with E-state index in [1.54, 1.807) is 0 Å². The summed E-state index contributed by atoms with van der Waals surface area (Å²) >= 11 is 0. The predicted molar refractivity (Wildman–Crippen MR) is 52.2 cm³/mol. The summed E-state index contributed by atoms with van der Waals surface area (Å²) in [5, 5.41) is 0. The minimum Gasteiger partial charge on any atom is -0.228 e. The fraction of sp³-hybridized carbons (Fsp3) is 1.00. The van der Waals surface area contributed by atoms with Crippen molar-refractivity contribution in [3.05, 3.63) is 0 Å². The van der Waals surface area contributed by atoms with Gasteiger partial charge >= 0.3 is 53.3 Å². The fourth-order valence-corrected chi connectivity index (χ4v) is 3.35. The molecule has 0 saturated heterocycles. The van der Waals surface area contributed by atoms with Crippen LogP contribution in [0.25, 0.3) is 0 Å². The van der Waals surface area contributed by atoms with E-state index in [0.717, 1.165) is 0 Å². The molecule has 0 aliphatic heterocycles. The molecule has 33 heavy (non-hydrogen) atoms. The molecule has 2 saturated carbocycles. The largest absolute Gasteiger partial charge is 0.432 e. The second kappa shape index (κ2) is 6.97. The predicted octanol–water partition coefficient (Wildman–Crippen LogP) is 6.14. The van der Waals surface area contributed by atoms with Crippen molar-refractivity contribution in [3.63, 3.8) is 0 Å². The zero-order valence-electron chi connectivity index (χ0n) is 13.7. The van der Waals surface area contributed by atoms with Gasteiger partial charge in [-0.2, -0.15) is 74.6 Å². The zero-order valence-corrected chi connectivity index (χ0v) is 16.9. The van der Waals surface area contributed by atoms with Gasteiger partial charge in [0.15, 0.2) is 0 Å². The molecule has 2 aliphatic rings. The number of hydrogen-bond acceptors (Lipinski definition) is 0.